The summed E-state index contributed by atoms with van der Waals surface area (Å²) in [6.45, 7) is 4.96. The molecule has 1 aromatic heterocycles. The van der Waals surface area contributed by atoms with Gasteiger partial charge in [0.2, 0.25) is 5.91 Å². The number of carbonyl (C=O) groups is 1. The van der Waals surface area contributed by atoms with E-state index in [2.05, 4.69) is 26.2 Å². The van der Waals surface area contributed by atoms with E-state index in [1.807, 2.05) is 38.1 Å². The molecule has 2 N–H and O–H groups in total. The Hall–Kier alpha value is -1.80. The Kier molecular flexibility index (Phi) is 7.29. The fourth-order valence-electron chi connectivity index (χ4n) is 4.07. The van der Waals surface area contributed by atoms with Crippen molar-refractivity contribution < 1.29 is 18.0 Å². The molecule has 30 heavy (non-hydrogen) atoms. The topological polar surface area (TPSA) is 48.1 Å². The normalized spacial score (nSPS) is 16.3. The van der Waals surface area contributed by atoms with Crippen LogP contribution in [-0.4, -0.2) is 48.1 Å². The minimum absolute atomic E-state index is 0.0553. The number of alkyl halides is 3. The Morgan fingerprint density at radius 2 is 2.03 bits per heavy atom. The van der Waals surface area contributed by atoms with E-state index in [1.54, 1.807) is 4.90 Å². The van der Waals surface area contributed by atoms with Crippen molar-refractivity contribution in [1.29, 1.82) is 0 Å². The third-order valence-electron chi connectivity index (χ3n) is 5.61. The van der Waals surface area contributed by atoms with Gasteiger partial charge in [-0.1, -0.05) is 18.2 Å². The Balaban J connectivity index is 1.89. The van der Waals surface area contributed by atoms with Crippen molar-refractivity contribution in [2.75, 3.05) is 26.2 Å². The summed E-state index contributed by atoms with van der Waals surface area (Å²) in [4.78, 5) is 18.1. The highest BCUT2D eigenvalue weighted by Gasteiger charge is 2.28. The van der Waals surface area contributed by atoms with Crippen molar-refractivity contribution in [3.05, 3.63) is 40.0 Å². The second kappa shape index (κ2) is 9.56. The van der Waals surface area contributed by atoms with Crippen LogP contribution in [0.4, 0.5) is 13.2 Å². The van der Waals surface area contributed by atoms with Crippen molar-refractivity contribution in [2.45, 2.75) is 39.3 Å². The summed E-state index contributed by atoms with van der Waals surface area (Å²) >= 11 is 3.59. The number of rotatable bonds is 8. The number of nitrogens with one attached hydrogen (secondary N) is 2. The third-order valence-corrected chi connectivity index (χ3v) is 6.29. The number of hydrogen-bond donors (Lipinski definition) is 2. The maximum absolute atomic E-state index is 13.1. The van der Waals surface area contributed by atoms with Crippen molar-refractivity contribution in [1.82, 2.24) is 15.2 Å². The Labute approximate surface area is 183 Å². The lowest BCUT2D eigenvalue weighted by Crippen LogP contribution is -2.40. The summed E-state index contributed by atoms with van der Waals surface area (Å²) < 4.78 is 38.4. The van der Waals surface area contributed by atoms with Gasteiger partial charge >= 0.3 is 6.18 Å². The zero-order valence-corrected chi connectivity index (χ0v) is 18.8. The molecule has 1 aliphatic rings. The number of H-pyrrole nitrogens is 1. The average Bonchev–Trinajstić information content (AvgIpc) is 3.03. The Bertz CT molecular complexity index is 932. The molecule has 3 rings (SSSR count). The summed E-state index contributed by atoms with van der Waals surface area (Å²) in [6.07, 6.45) is -1.53. The number of carbonyl (C=O) groups excluding carboxylic acids is 1. The number of aromatic nitrogens is 1. The van der Waals surface area contributed by atoms with Gasteiger partial charge in [0.15, 0.2) is 0 Å². The van der Waals surface area contributed by atoms with Crippen LogP contribution in [0.25, 0.3) is 16.5 Å². The summed E-state index contributed by atoms with van der Waals surface area (Å²) in [5.41, 5.74) is 4.42. The van der Waals surface area contributed by atoms with E-state index in [0.717, 1.165) is 39.5 Å². The minimum atomic E-state index is -4.21. The number of allylic oxidation sites excluding steroid dienone is 1. The molecule has 0 aliphatic heterocycles. The number of aromatic amines is 1. The fraction of sp³-hybridized carbons (Fsp3) is 0.500. The molecule has 0 bridgehead atoms. The van der Waals surface area contributed by atoms with Gasteiger partial charge in [0, 0.05) is 37.1 Å². The van der Waals surface area contributed by atoms with Gasteiger partial charge in [-0.15, -0.1) is 0 Å². The van der Waals surface area contributed by atoms with Gasteiger partial charge in [0.05, 0.1) is 16.9 Å². The molecule has 1 aromatic carbocycles. The first-order valence-electron chi connectivity index (χ1n) is 10.3. The standard InChI is InChI=1S/C22H27BrF3N3O/c1-3-29(4-2)21(30)15(13-27-11-10-22(24,25)26)12-14-8-9-17-19-16(14)6-5-7-18(19)28-20(17)23/h5-7,12,15,27-28H,3-4,8-11,13H2,1-2H3/b14-12+. The highest BCUT2D eigenvalue weighted by Crippen LogP contribution is 2.40. The number of amides is 1. The molecule has 0 saturated heterocycles. The average molecular weight is 486 g/mol. The number of aryl methyl sites for hydroxylation is 1. The second-order valence-corrected chi connectivity index (χ2v) is 8.32. The van der Waals surface area contributed by atoms with Crippen LogP contribution in [0.2, 0.25) is 0 Å². The minimum Gasteiger partial charge on any atom is -0.349 e. The van der Waals surface area contributed by atoms with Gasteiger partial charge in [-0.3, -0.25) is 4.79 Å². The lowest BCUT2D eigenvalue weighted by atomic mass is 9.86. The van der Waals surface area contributed by atoms with Gasteiger partial charge < -0.3 is 15.2 Å². The molecule has 8 heteroatoms. The molecule has 1 atom stereocenters. The third kappa shape index (κ3) is 5.09. The summed E-state index contributed by atoms with van der Waals surface area (Å²) in [5.74, 6) is -0.562. The molecule has 0 saturated carbocycles. The van der Waals surface area contributed by atoms with E-state index in [9.17, 15) is 18.0 Å². The molecule has 4 nitrogen and oxygen atoms in total. The monoisotopic (exact) mass is 485 g/mol. The maximum Gasteiger partial charge on any atom is 0.390 e. The van der Waals surface area contributed by atoms with Gasteiger partial charge in [-0.05, 0) is 65.4 Å². The first-order valence-corrected chi connectivity index (χ1v) is 11.1. The predicted molar refractivity (Wildman–Crippen MR) is 117 cm³/mol. The first-order chi connectivity index (χ1) is 14.2. The Morgan fingerprint density at radius 1 is 1.30 bits per heavy atom. The SMILES string of the molecule is CCN(CC)C(=O)C(/C=C1\CCc2c(Br)[nH]c3cccc1c23)CNCCC(F)(F)F. The lowest BCUT2D eigenvalue weighted by molar-refractivity contribution is -0.134. The summed E-state index contributed by atoms with van der Waals surface area (Å²) in [7, 11) is 0. The number of nitrogens with zero attached hydrogens (tertiary/aromatic N) is 1. The van der Waals surface area contributed by atoms with E-state index in [0.29, 0.717) is 13.1 Å². The largest absolute Gasteiger partial charge is 0.390 e. The Morgan fingerprint density at radius 3 is 2.70 bits per heavy atom. The molecule has 2 aromatic rings. The van der Waals surface area contributed by atoms with E-state index in [1.165, 1.54) is 5.56 Å². The molecular weight excluding hydrogens is 459 g/mol. The van der Waals surface area contributed by atoms with E-state index < -0.39 is 18.5 Å². The van der Waals surface area contributed by atoms with E-state index >= 15 is 0 Å². The predicted octanol–water partition coefficient (Wildman–Crippen LogP) is 5.29. The maximum atomic E-state index is 13.1. The second-order valence-electron chi connectivity index (χ2n) is 7.52. The van der Waals surface area contributed by atoms with Crippen molar-refractivity contribution >= 4 is 38.3 Å². The van der Waals surface area contributed by atoms with Gasteiger partial charge in [0.25, 0.3) is 0 Å². The van der Waals surface area contributed by atoms with Gasteiger partial charge in [-0.2, -0.15) is 13.2 Å². The molecule has 1 heterocycles. The van der Waals surface area contributed by atoms with Crippen LogP contribution in [-0.2, 0) is 11.2 Å². The van der Waals surface area contributed by atoms with Gasteiger partial charge in [-0.25, -0.2) is 0 Å². The summed E-state index contributed by atoms with van der Waals surface area (Å²) in [6, 6.07) is 6.05. The van der Waals surface area contributed by atoms with E-state index in [4.69, 9.17) is 0 Å². The van der Waals surface area contributed by atoms with Crippen LogP contribution >= 0.6 is 15.9 Å². The zero-order chi connectivity index (χ0) is 21.9. The van der Waals surface area contributed by atoms with Crippen LogP contribution < -0.4 is 5.32 Å². The molecular formula is C22H27BrF3N3O. The molecule has 0 radical (unpaired) electrons. The molecule has 0 spiro atoms. The van der Waals surface area contributed by atoms with Crippen LogP contribution in [0.3, 0.4) is 0 Å². The molecule has 164 valence electrons. The smallest absolute Gasteiger partial charge is 0.349 e. The van der Waals surface area contributed by atoms with Crippen LogP contribution in [0.1, 0.15) is 37.8 Å². The zero-order valence-electron chi connectivity index (χ0n) is 17.2. The molecule has 1 aliphatic carbocycles. The first kappa shape index (κ1) is 22.9. The number of halogens is 4. The van der Waals surface area contributed by atoms with Gasteiger partial charge in [0.1, 0.15) is 0 Å². The quantitative estimate of drug-likeness (QED) is 0.499. The van der Waals surface area contributed by atoms with Crippen molar-refractivity contribution in [3.8, 4) is 0 Å². The molecule has 0 fully saturated rings. The van der Waals surface area contributed by atoms with E-state index in [-0.39, 0.29) is 19.0 Å². The highest BCUT2D eigenvalue weighted by molar-refractivity contribution is 9.10. The van der Waals surface area contributed by atoms with Crippen LogP contribution in [0.15, 0.2) is 28.9 Å². The lowest BCUT2D eigenvalue weighted by Gasteiger charge is -2.25. The summed E-state index contributed by atoms with van der Waals surface area (Å²) in [5, 5.41) is 3.99. The fourth-order valence-corrected chi connectivity index (χ4v) is 4.68. The van der Waals surface area contributed by atoms with Crippen molar-refractivity contribution in [2.24, 2.45) is 5.92 Å². The van der Waals surface area contributed by atoms with Crippen LogP contribution in [0.5, 0.6) is 0 Å². The number of benzene rings is 1. The van der Waals surface area contributed by atoms with Crippen LogP contribution in [0, 0.1) is 5.92 Å². The molecule has 1 unspecified atom stereocenters. The highest BCUT2D eigenvalue weighted by atomic mass is 79.9. The van der Waals surface area contributed by atoms with Crippen molar-refractivity contribution in [3.63, 3.8) is 0 Å². The number of hydrogen-bond acceptors (Lipinski definition) is 2. The molecule has 1 amide bonds.